The molecule has 0 spiro atoms. The van der Waals surface area contributed by atoms with Gasteiger partial charge in [0.2, 0.25) is 0 Å². The zero-order valence-corrected chi connectivity index (χ0v) is 53.1. The second-order valence-corrected chi connectivity index (χ2v) is 23.0. The van der Waals surface area contributed by atoms with Crippen molar-refractivity contribution in [3.63, 3.8) is 0 Å². The lowest BCUT2D eigenvalue weighted by Gasteiger charge is -2.21. The molecule has 0 aliphatic carbocycles. The fraction of sp³-hybridized carbons (Fsp3) is 0.700. The van der Waals surface area contributed by atoms with Gasteiger partial charge >= 0.3 is 25.7 Å². The molecule has 470 valence electrons. The van der Waals surface area contributed by atoms with Gasteiger partial charge in [0.1, 0.15) is 12.7 Å². The molecule has 0 amide bonds. The van der Waals surface area contributed by atoms with Gasteiger partial charge in [-0.25, -0.2) is 4.57 Å². The maximum atomic E-state index is 13.0. The van der Waals surface area contributed by atoms with E-state index in [-0.39, 0.29) is 25.9 Å². The summed E-state index contributed by atoms with van der Waals surface area (Å²) in [4.78, 5) is 48.8. The fourth-order valence-electron chi connectivity index (χ4n) is 8.75. The lowest BCUT2D eigenvalue weighted by atomic mass is 10.1. The lowest BCUT2D eigenvalue weighted by molar-refractivity contribution is -0.161. The number of carbonyl (C=O) groups excluding carboxylic acids is 3. The third-order valence-electron chi connectivity index (χ3n) is 13.7. The second kappa shape index (κ2) is 63.2. The molecule has 3 atom stereocenters. The molecule has 11 nitrogen and oxygen atoms in total. The van der Waals surface area contributed by atoms with Crippen molar-refractivity contribution in [1.29, 1.82) is 0 Å². The summed E-state index contributed by atoms with van der Waals surface area (Å²) < 4.78 is 39.7. The zero-order valence-electron chi connectivity index (χ0n) is 52.2. The summed E-state index contributed by atoms with van der Waals surface area (Å²) in [5, 5.41) is 9.86. The molecule has 0 bridgehead atoms. The molecule has 0 saturated heterocycles. The van der Waals surface area contributed by atoms with E-state index < -0.39 is 57.8 Å². The summed E-state index contributed by atoms with van der Waals surface area (Å²) in [7, 11) is -4.77. The van der Waals surface area contributed by atoms with E-state index in [9.17, 15) is 28.9 Å². The van der Waals surface area contributed by atoms with Gasteiger partial charge in [-0.1, -0.05) is 246 Å². The minimum absolute atomic E-state index is 0.144. The van der Waals surface area contributed by atoms with Crippen LogP contribution in [0.15, 0.2) is 109 Å². The molecule has 0 aliphatic rings. The highest BCUT2D eigenvalue weighted by Gasteiger charge is 2.28. The average Bonchev–Trinajstić information content (AvgIpc) is 3.47. The second-order valence-electron chi connectivity index (χ2n) is 21.5. The number of aliphatic hydroxyl groups is 1. The lowest BCUT2D eigenvalue weighted by Crippen LogP contribution is -2.30. The smallest absolute Gasteiger partial charge is 0.462 e. The number of ether oxygens (including phenoxy) is 3. The third-order valence-corrected chi connectivity index (χ3v) is 14.6. The average molecular weight is 1170 g/mol. The molecule has 0 aromatic rings. The molecule has 3 unspecified atom stereocenters. The van der Waals surface area contributed by atoms with Crippen LogP contribution < -0.4 is 0 Å². The first-order valence-electron chi connectivity index (χ1n) is 32.8. The number of hydrogen-bond acceptors (Lipinski definition) is 10. The van der Waals surface area contributed by atoms with Crippen LogP contribution in [-0.4, -0.2) is 66.5 Å². The van der Waals surface area contributed by atoms with Gasteiger partial charge in [0.25, 0.3) is 0 Å². The van der Waals surface area contributed by atoms with Gasteiger partial charge in [0, 0.05) is 19.3 Å². The fourth-order valence-corrected chi connectivity index (χ4v) is 9.53. The number of phosphoric ester groups is 1. The van der Waals surface area contributed by atoms with E-state index in [4.69, 9.17) is 23.3 Å². The molecule has 0 aromatic carbocycles. The van der Waals surface area contributed by atoms with E-state index in [0.717, 1.165) is 135 Å². The van der Waals surface area contributed by atoms with E-state index >= 15 is 0 Å². The first-order chi connectivity index (χ1) is 40.2. The van der Waals surface area contributed by atoms with Gasteiger partial charge in [-0.3, -0.25) is 23.4 Å². The summed E-state index contributed by atoms with van der Waals surface area (Å²) in [6.45, 7) is 4.40. The number of carbonyl (C=O) groups is 3. The van der Waals surface area contributed by atoms with Crippen LogP contribution in [0.2, 0.25) is 0 Å². The summed E-state index contributed by atoms with van der Waals surface area (Å²) in [6, 6.07) is 0. The third kappa shape index (κ3) is 60.7. The van der Waals surface area contributed by atoms with Crippen LogP contribution in [-0.2, 0) is 42.2 Å². The Labute approximate surface area is 501 Å². The van der Waals surface area contributed by atoms with Crippen LogP contribution in [0.3, 0.4) is 0 Å². The summed E-state index contributed by atoms with van der Waals surface area (Å²) in [5.74, 6) is -1.51. The Balaban J connectivity index is 4.76. The number of aliphatic hydroxyl groups excluding tert-OH is 1. The Bertz CT molecular complexity index is 1790. The van der Waals surface area contributed by atoms with E-state index in [2.05, 4.69) is 130 Å². The normalized spacial score (nSPS) is 14.0. The van der Waals surface area contributed by atoms with E-state index in [1.807, 2.05) is 0 Å². The van der Waals surface area contributed by atoms with Crippen molar-refractivity contribution < 1.29 is 52.2 Å². The van der Waals surface area contributed by atoms with E-state index in [0.29, 0.717) is 19.3 Å². The number of phosphoric acid groups is 1. The van der Waals surface area contributed by atoms with Crippen molar-refractivity contribution in [3.05, 3.63) is 109 Å². The number of rotatable bonds is 60. The molecule has 2 N–H and O–H groups in total. The van der Waals surface area contributed by atoms with Crippen LogP contribution in [0.4, 0.5) is 0 Å². The predicted molar refractivity (Wildman–Crippen MR) is 343 cm³/mol. The van der Waals surface area contributed by atoms with Gasteiger partial charge in [0.15, 0.2) is 6.10 Å². The van der Waals surface area contributed by atoms with Crippen molar-refractivity contribution in [2.45, 2.75) is 290 Å². The Hall–Kier alpha value is -3.86. The van der Waals surface area contributed by atoms with Gasteiger partial charge in [-0.15, -0.1) is 0 Å². The highest BCUT2D eigenvalue weighted by molar-refractivity contribution is 7.47. The van der Waals surface area contributed by atoms with E-state index in [1.54, 1.807) is 0 Å². The Morgan fingerprint density at radius 2 is 0.634 bits per heavy atom. The van der Waals surface area contributed by atoms with Gasteiger partial charge in [-0.05, 0) is 122 Å². The molecule has 0 aliphatic heterocycles. The molecule has 0 fully saturated rings. The summed E-state index contributed by atoms with van der Waals surface area (Å²) in [5.41, 5.74) is 0. The van der Waals surface area contributed by atoms with E-state index in [1.165, 1.54) is 83.5 Å². The molecule has 82 heavy (non-hydrogen) atoms. The number of allylic oxidation sites excluding steroid dienone is 18. The maximum Gasteiger partial charge on any atom is 0.472 e. The first-order valence-corrected chi connectivity index (χ1v) is 34.3. The number of unbranched alkanes of at least 4 members (excludes halogenated alkanes) is 25. The minimum atomic E-state index is -4.77. The SMILES string of the molecule is CC/C=C\C/C=C\C/C=C\C/C=C\CCCCCCCCC(=O)OCC(COP(=O)(O)OCC(CO)OC(=O)CCCCCC/C=C\C/C=C\C/C=C\C/C=C\CC)OC(=O)CCCCCCCCCCC/C=C\CCCCCCCC. The van der Waals surface area contributed by atoms with Gasteiger partial charge in [-0.2, -0.15) is 0 Å². The predicted octanol–water partition coefficient (Wildman–Crippen LogP) is 20.1. The Morgan fingerprint density at radius 1 is 0.354 bits per heavy atom. The molecule has 0 rings (SSSR count). The molecular weight excluding hydrogens is 1050 g/mol. The standard InChI is InChI=1S/C70H119O11P/c1-4-7-10-13-16-19-22-25-28-31-33-36-38-41-44-47-50-53-56-59-68(72)77-63-67(81-70(74)61-58-55-52-49-46-43-40-37-34-32-29-26-23-20-17-14-11-8-5-2)65-79-82(75,76)78-64-66(62-71)80-69(73)60-57-54-51-48-45-42-39-35-30-27-24-21-18-15-12-9-6-3/h7,9-10,12,16,18-19,21,25-30,33,36,39,42,66-67,71H,4-6,8,11,13-15,17,20,22-24,31-32,34-35,37-38,40-41,43-65H2,1-3H3,(H,75,76)/b10-7-,12-9-,19-16-,21-18-,28-25-,29-26-,30-27-,36-33-,42-39-. The first kappa shape index (κ1) is 78.1. The van der Waals surface area contributed by atoms with Crippen molar-refractivity contribution in [2.75, 3.05) is 26.4 Å². The molecule has 0 radical (unpaired) electrons. The molecular formula is C70H119O11P. The summed E-state index contributed by atoms with van der Waals surface area (Å²) in [6.07, 6.45) is 77.5. The molecule has 0 heterocycles. The van der Waals surface area contributed by atoms with Crippen LogP contribution in [0, 0.1) is 0 Å². The van der Waals surface area contributed by atoms with Gasteiger partial charge < -0.3 is 24.2 Å². The van der Waals surface area contributed by atoms with Crippen molar-refractivity contribution in [2.24, 2.45) is 0 Å². The number of esters is 3. The largest absolute Gasteiger partial charge is 0.472 e. The quantitative estimate of drug-likeness (QED) is 0.0197. The minimum Gasteiger partial charge on any atom is -0.462 e. The van der Waals surface area contributed by atoms with Gasteiger partial charge in [0.05, 0.1) is 19.8 Å². The topological polar surface area (TPSA) is 155 Å². The maximum absolute atomic E-state index is 13.0. The van der Waals surface area contributed by atoms with Crippen LogP contribution in [0.1, 0.15) is 278 Å². The van der Waals surface area contributed by atoms with Crippen LogP contribution >= 0.6 is 7.82 Å². The summed E-state index contributed by atoms with van der Waals surface area (Å²) >= 11 is 0. The van der Waals surface area contributed by atoms with Crippen LogP contribution in [0.5, 0.6) is 0 Å². The number of hydrogen-bond donors (Lipinski definition) is 2. The van der Waals surface area contributed by atoms with Crippen LogP contribution in [0.25, 0.3) is 0 Å². The molecule has 0 saturated carbocycles. The highest BCUT2D eigenvalue weighted by Crippen LogP contribution is 2.43. The van der Waals surface area contributed by atoms with Crippen molar-refractivity contribution in [1.82, 2.24) is 0 Å². The van der Waals surface area contributed by atoms with Crippen molar-refractivity contribution in [3.8, 4) is 0 Å². The van der Waals surface area contributed by atoms with Crippen molar-refractivity contribution >= 4 is 25.7 Å². The Kier molecular flexibility index (Phi) is 60.2. The molecule has 0 aromatic heterocycles. The zero-order chi connectivity index (χ0) is 59.8. The Morgan fingerprint density at radius 3 is 0.988 bits per heavy atom. The monoisotopic (exact) mass is 1170 g/mol. The molecule has 12 heteroatoms. The highest BCUT2D eigenvalue weighted by atomic mass is 31.2.